The lowest BCUT2D eigenvalue weighted by atomic mass is 10.0. The zero-order valence-corrected chi connectivity index (χ0v) is 10.9. The maximum atomic E-state index is 12.5. The van der Waals surface area contributed by atoms with Crippen LogP contribution in [0.1, 0.15) is 16.7 Å². The molecule has 0 heterocycles. The fraction of sp³-hybridized carbons (Fsp3) is 0.200. The number of nitrogen functional groups attached to an aromatic ring is 1. The van der Waals surface area contributed by atoms with Gasteiger partial charge in [-0.2, -0.15) is 13.2 Å². The highest BCUT2D eigenvalue weighted by Gasteiger charge is 2.29. The van der Waals surface area contributed by atoms with E-state index >= 15 is 0 Å². The molecule has 106 valence electrons. The van der Waals surface area contributed by atoms with Gasteiger partial charge >= 0.3 is 6.18 Å². The molecule has 0 radical (unpaired) electrons. The molecule has 0 aliphatic carbocycles. The van der Waals surface area contributed by atoms with Crippen molar-refractivity contribution in [2.24, 2.45) is 0 Å². The van der Waals surface area contributed by atoms with E-state index in [1.54, 1.807) is 25.3 Å². The maximum Gasteiger partial charge on any atom is 0.416 e. The van der Waals surface area contributed by atoms with Gasteiger partial charge in [-0.3, -0.25) is 0 Å². The monoisotopic (exact) mass is 281 g/mol. The van der Waals surface area contributed by atoms with E-state index in [1.165, 1.54) is 12.1 Å². The quantitative estimate of drug-likeness (QED) is 0.866. The Balaban J connectivity index is 2.22. The van der Waals surface area contributed by atoms with Crippen molar-refractivity contribution in [3.05, 3.63) is 59.2 Å². The summed E-state index contributed by atoms with van der Waals surface area (Å²) in [6, 6.07) is 10.3. The lowest BCUT2D eigenvalue weighted by Crippen LogP contribution is -2.04. The van der Waals surface area contributed by atoms with Gasteiger partial charge in [-0.15, -0.1) is 0 Å². The van der Waals surface area contributed by atoms with Gasteiger partial charge in [-0.25, -0.2) is 0 Å². The highest BCUT2D eigenvalue weighted by molar-refractivity contribution is 5.52. The first kappa shape index (κ1) is 14.2. The van der Waals surface area contributed by atoms with Crippen LogP contribution in [0, 0.1) is 0 Å². The molecule has 0 unspecified atom stereocenters. The predicted molar refractivity (Wildman–Crippen MR) is 71.7 cm³/mol. The van der Waals surface area contributed by atoms with Gasteiger partial charge in [0.05, 0.1) is 12.7 Å². The molecule has 0 bridgehead atoms. The van der Waals surface area contributed by atoms with E-state index in [0.717, 1.165) is 23.3 Å². The van der Waals surface area contributed by atoms with Gasteiger partial charge in [-0.05, 0) is 47.9 Å². The Morgan fingerprint density at radius 1 is 1.05 bits per heavy atom. The van der Waals surface area contributed by atoms with Crippen LogP contribution in [0.5, 0.6) is 5.75 Å². The van der Waals surface area contributed by atoms with Crippen molar-refractivity contribution in [2.75, 3.05) is 12.8 Å². The number of halogens is 3. The molecule has 0 saturated heterocycles. The van der Waals surface area contributed by atoms with Crippen molar-refractivity contribution in [3.8, 4) is 5.75 Å². The van der Waals surface area contributed by atoms with Crippen molar-refractivity contribution < 1.29 is 17.9 Å². The first-order valence-corrected chi connectivity index (χ1v) is 5.98. The summed E-state index contributed by atoms with van der Waals surface area (Å²) in [5.41, 5.74) is 7.38. The van der Waals surface area contributed by atoms with Crippen LogP contribution >= 0.6 is 0 Å². The lowest BCUT2D eigenvalue weighted by molar-refractivity contribution is -0.137. The van der Waals surface area contributed by atoms with Crippen molar-refractivity contribution in [1.82, 2.24) is 0 Å². The third-order valence-electron chi connectivity index (χ3n) is 3.03. The Morgan fingerprint density at radius 3 is 2.25 bits per heavy atom. The molecular formula is C15H14F3NO. The smallest absolute Gasteiger partial charge is 0.416 e. The molecule has 2 aromatic carbocycles. The molecule has 0 aliphatic rings. The summed E-state index contributed by atoms with van der Waals surface area (Å²) >= 11 is 0. The fourth-order valence-corrected chi connectivity index (χ4v) is 1.89. The van der Waals surface area contributed by atoms with Crippen LogP contribution in [0.25, 0.3) is 0 Å². The zero-order valence-electron chi connectivity index (χ0n) is 10.9. The van der Waals surface area contributed by atoms with Gasteiger partial charge in [0.25, 0.3) is 0 Å². The first-order chi connectivity index (χ1) is 9.40. The minimum atomic E-state index is -4.31. The number of nitrogens with two attached hydrogens (primary N) is 1. The molecule has 0 aromatic heterocycles. The van der Waals surface area contributed by atoms with Gasteiger partial charge in [0.2, 0.25) is 0 Å². The second-order valence-electron chi connectivity index (χ2n) is 4.44. The molecule has 20 heavy (non-hydrogen) atoms. The Hall–Kier alpha value is -2.17. The predicted octanol–water partition coefficient (Wildman–Crippen LogP) is 3.89. The van der Waals surface area contributed by atoms with Gasteiger partial charge < -0.3 is 10.5 Å². The molecule has 2 rings (SSSR count). The average Bonchev–Trinajstić information content (AvgIpc) is 2.41. The topological polar surface area (TPSA) is 35.2 Å². The molecule has 0 fully saturated rings. The molecule has 5 heteroatoms. The van der Waals surface area contributed by atoms with E-state index in [4.69, 9.17) is 10.5 Å². The lowest BCUT2D eigenvalue weighted by Gasteiger charge is -2.10. The molecule has 0 atom stereocenters. The molecule has 2 nitrogen and oxygen atoms in total. The van der Waals surface area contributed by atoms with E-state index < -0.39 is 11.7 Å². The minimum Gasteiger partial charge on any atom is -0.497 e. The van der Waals surface area contributed by atoms with E-state index in [1.807, 2.05) is 0 Å². The minimum absolute atomic E-state index is 0.459. The molecule has 0 aliphatic heterocycles. The van der Waals surface area contributed by atoms with E-state index in [2.05, 4.69) is 0 Å². The van der Waals surface area contributed by atoms with Gasteiger partial charge in [0, 0.05) is 5.69 Å². The Morgan fingerprint density at radius 2 is 1.70 bits per heavy atom. The van der Waals surface area contributed by atoms with Gasteiger partial charge in [0.15, 0.2) is 0 Å². The van der Waals surface area contributed by atoms with Crippen LogP contribution in [0.3, 0.4) is 0 Å². The molecule has 0 amide bonds. The van der Waals surface area contributed by atoms with Crippen LogP contribution in [0.15, 0.2) is 42.5 Å². The summed E-state index contributed by atoms with van der Waals surface area (Å²) in [5.74, 6) is 0.668. The second-order valence-corrected chi connectivity index (χ2v) is 4.44. The first-order valence-electron chi connectivity index (χ1n) is 5.98. The Bertz CT molecular complexity index is 591. The zero-order chi connectivity index (χ0) is 14.8. The molecule has 0 saturated carbocycles. The summed E-state index contributed by atoms with van der Waals surface area (Å²) in [6.45, 7) is 0. The summed E-state index contributed by atoms with van der Waals surface area (Å²) in [4.78, 5) is 0. The number of alkyl halides is 3. The van der Waals surface area contributed by atoms with E-state index in [0.29, 0.717) is 17.9 Å². The van der Waals surface area contributed by atoms with Gasteiger partial charge in [-0.1, -0.05) is 12.1 Å². The van der Waals surface area contributed by atoms with Crippen LogP contribution in [-0.2, 0) is 12.6 Å². The van der Waals surface area contributed by atoms with Crippen LogP contribution in [0.4, 0.5) is 18.9 Å². The third kappa shape index (κ3) is 3.23. The Labute approximate surface area is 115 Å². The standard InChI is InChI=1S/C15H14F3NO/c1-20-13-6-7-14(19)11(9-13)8-10-2-4-12(5-3-10)15(16,17)18/h2-7,9H,8,19H2,1H3. The molecule has 2 aromatic rings. The molecule has 0 spiro atoms. The number of rotatable bonds is 3. The van der Waals surface area contributed by atoms with E-state index in [9.17, 15) is 13.2 Å². The highest BCUT2D eigenvalue weighted by atomic mass is 19.4. The maximum absolute atomic E-state index is 12.5. The Kier molecular flexibility index (Phi) is 3.88. The number of anilines is 1. The fourth-order valence-electron chi connectivity index (χ4n) is 1.89. The van der Waals surface area contributed by atoms with Crippen molar-refractivity contribution in [1.29, 1.82) is 0 Å². The summed E-state index contributed by atoms with van der Waals surface area (Å²) in [5, 5.41) is 0. The number of ether oxygens (including phenoxy) is 1. The summed E-state index contributed by atoms with van der Waals surface area (Å²) in [7, 11) is 1.55. The number of hydrogen-bond acceptors (Lipinski definition) is 2. The van der Waals surface area contributed by atoms with Gasteiger partial charge in [0.1, 0.15) is 5.75 Å². The van der Waals surface area contributed by atoms with Crippen LogP contribution in [0.2, 0.25) is 0 Å². The third-order valence-corrected chi connectivity index (χ3v) is 3.03. The second kappa shape index (κ2) is 5.45. The normalized spacial score (nSPS) is 11.4. The van der Waals surface area contributed by atoms with Crippen LogP contribution in [-0.4, -0.2) is 7.11 Å². The number of hydrogen-bond donors (Lipinski definition) is 1. The van der Waals surface area contributed by atoms with E-state index in [-0.39, 0.29) is 0 Å². The largest absolute Gasteiger partial charge is 0.497 e. The van der Waals surface area contributed by atoms with Crippen molar-refractivity contribution in [2.45, 2.75) is 12.6 Å². The van der Waals surface area contributed by atoms with Crippen molar-refractivity contribution in [3.63, 3.8) is 0 Å². The summed E-state index contributed by atoms with van der Waals surface area (Å²) < 4.78 is 42.5. The molecular weight excluding hydrogens is 267 g/mol. The number of benzene rings is 2. The average molecular weight is 281 g/mol. The number of methoxy groups -OCH3 is 1. The van der Waals surface area contributed by atoms with Crippen molar-refractivity contribution >= 4 is 5.69 Å². The highest BCUT2D eigenvalue weighted by Crippen LogP contribution is 2.30. The van der Waals surface area contributed by atoms with Crippen LogP contribution < -0.4 is 10.5 Å². The SMILES string of the molecule is COc1ccc(N)c(Cc2ccc(C(F)(F)F)cc2)c1. The summed E-state index contributed by atoms with van der Waals surface area (Å²) in [6.07, 6.45) is -3.85. The molecule has 2 N–H and O–H groups in total.